The van der Waals surface area contributed by atoms with Gasteiger partial charge in [0, 0.05) is 0 Å². The third-order valence-corrected chi connectivity index (χ3v) is 7.46. The molecule has 132 valence electrons. The Labute approximate surface area is 147 Å². The lowest BCUT2D eigenvalue weighted by Gasteiger charge is -2.38. The van der Waals surface area contributed by atoms with Crippen LogP contribution in [0, 0.1) is 29.6 Å². The molecule has 0 saturated heterocycles. The molecule has 0 spiro atoms. The molecular formula is C21H34ClF. The summed E-state index contributed by atoms with van der Waals surface area (Å²) in [5, 5.41) is -0.232. The first-order valence-corrected chi connectivity index (χ1v) is 10.6. The molecule has 0 heterocycles. The molecule has 2 fully saturated rings. The van der Waals surface area contributed by atoms with Crippen molar-refractivity contribution in [1.82, 2.24) is 0 Å². The molecule has 23 heavy (non-hydrogen) atoms. The Hall–Kier alpha value is -0.0400. The molecule has 0 nitrogen and oxygen atoms in total. The molecule has 0 aliphatic heterocycles. The van der Waals surface area contributed by atoms with Crippen molar-refractivity contribution in [2.75, 3.05) is 0 Å². The van der Waals surface area contributed by atoms with Crippen LogP contribution in [-0.4, -0.2) is 11.5 Å². The van der Waals surface area contributed by atoms with Crippen LogP contribution in [0.5, 0.6) is 0 Å². The van der Waals surface area contributed by atoms with Crippen LogP contribution in [0.25, 0.3) is 0 Å². The first-order valence-electron chi connectivity index (χ1n) is 10.1. The van der Waals surface area contributed by atoms with E-state index in [9.17, 15) is 4.39 Å². The fraction of sp³-hybridized carbons (Fsp3) is 0.905. The van der Waals surface area contributed by atoms with Crippen molar-refractivity contribution < 1.29 is 4.39 Å². The lowest BCUT2D eigenvalue weighted by molar-refractivity contribution is 0.153. The van der Waals surface area contributed by atoms with Crippen molar-refractivity contribution >= 4 is 11.6 Å². The Balaban J connectivity index is 1.47. The monoisotopic (exact) mass is 340 g/mol. The van der Waals surface area contributed by atoms with Crippen LogP contribution in [-0.2, 0) is 0 Å². The third kappa shape index (κ3) is 4.53. The van der Waals surface area contributed by atoms with E-state index < -0.39 is 6.17 Å². The van der Waals surface area contributed by atoms with Crippen molar-refractivity contribution in [3.63, 3.8) is 0 Å². The highest BCUT2D eigenvalue weighted by Gasteiger charge is 2.35. The summed E-state index contributed by atoms with van der Waals surface area (Å²) >= 11 is 6.04. The molecule has 0 N–H and O–H groups in total. The lowest BCUT2D eigenvalue weighted by atomic mass is 9.68. The third-order valence-electron chi connectivity index (χ3n) is 6.97. The minimum Gasteiger partial charge on any atom is -0.246 e. The average Bonchev–Trinajstić information content (AvgIpc) is 2.59. The van der Waals surface area contributed by atoms with E-state index in [2.05, 4.69) is 19.1 Å². The molecule has 2 saturated carbocycles. The van der Waals surface area contributed by atoms with Crippen LogP contribution in [0.4, 0.5) is 4.39 Å². The molecule has 5 unspecified atom stereocenters. The predicted molar refractivity (Wildman–Crippen MR) is 97.6 cm³/mol. The Morgan fingerprint density at radius 2 is 1.48 bits per heavy atom. The number of alkyl halides is 2. The summed E-state index contributed by atoms with van der Waals surface area (Å²) in [6.07, 6.45) is 18.0. The maximum Gasteiger partial charge on any atom is 0.117 e. The van der Waals surface area contributed by atoms with Gasteiger partial charge in [-0.15, -0.1) is 11.6 Å². The van der Waals surface area contributed by atoms with Crippen LogP contribution in [0.1, 0.15) is 77.6 Å². The van der Waals surface area contributed by atoms with Gasteiger partial charge in [-0.3, -0.25) is 0 Å². The van der Waals surface area contributed by atoms with Crippen LogP contribution >= 0.6 is 11.6 Å². The van der Waals surface area contributed by atoms with Crippen molar-refractivity contribution in [2.24, 2.45) is 29.6 Å². The maximum atomic E-state index is 13.9. The summed E-state index contributed by atoms with van der Waals surface area (Å²) in [5.41, 5.74) is 0. The Kier molecular flexibility index (Phi) is 6.46. The van der Waals surface area contributed by atoms with Gasteiger partial charge in [0.25, 0.3) is 0 Å². The standard InChI is InChI=1S/C21H34ClF/c1-2-3-15-4-6-16(7-5-15)17-8-10-18(11-9-17)19-12-13-20(22)21(23)14-19/h8,10,15-21H,2-7,9,11-14H2,1H3. The number of hydrogen-bond donors (Lipinski definition) is 0. The van der Waals surface area contributed by atoms with Gasteiger partial charge in [-0.25, -0.2) is 4.39 Å². The van der Waals surface area contributed by atoms with Crippen molar-refractivity contribution in [1.29, 1.82) is 0 Å². The van der Waals surface area contributed by atoms with Crippen LogP contribution in [0.3, 0.4) is 0 Å². The second-order valence-corrected chi connectivity index (χ2v) is 9.03. The molecule has 0 amide bonds. The van der Waals surface area contributed by atoms with E-state index in [-0.39, 0.29) is 5.38 Å². The minimum absolute atomic E-state index is 0.232. The highest BCUT2D eigenvalue weighted by molar-refractivity contribution is 6.21. The van der Waals surface area contributed by atoms with Gasteiger partial charge in [0.05, 0.1) is 5.38 Å². The zero-order chi connectivity index (χ0) is 16.2. The van der Waals surface area contributed by atoms with E-state index in [4.69, 9.17) is 11.6 Å². The largest absolute Gasteiger partial charge is 0.246 e. The van der Waals surface area contributed by atoms with E-state index in [1.54, 1.807) is 0 Å². The van der Waals surface area contributed by atoms with Gasteiger partial charge in [-0.2, -0.15) is 0 Å². The highest BCUT2D eigenvalue weighted by Crippen LogP contribution is 2.43. The first kappa shape index (κ1) is 17.8. The van der Waals surface area contributed by atoms with E-state index in [1.807, 2.05) is 0 Å². The van der Waals surface area contributed by atoms with E-state index in [0.717, 1.165) is 30.6 Å². The van der Waals surface area contributed by atoms with E-state index >= 15 is 0 Å². The quantitative estimate of drug-likeness (QED) is 0.385. The zero-order valence-corrected chi connectivity index (χ0v) is 15.5. The summed E-state index contributed by atoms with van der Waals surface area (Å²) in [6, 6.07) is 0. The number of allylic oxidation sites excluding steroid dienone is 2. The Bertz CT molecular complexity index is 385. The first-order chi connectivity index (χ1) is 11.2. The maximum absolute atomic E-state index is 13.9. The van der Waals surface area contributed by atoms with E-state index in [0.29, 0.717) is 18.3 Å². The molecule has 5 atom stereocenters. The smallest absolute Gasteiger partial charge is 0.117 e. The molecular weight excluding hydrogens is 307 g/mol. The average molecular weight is 341 g/mol. The van der Waals surface area contributed by atoms with E-state index in [1.165, 1.54) is 51.4 Å². The van der Waals surface area contributed by atoms with Gasteiger partial charge in [-0.05, 0) is 74.5 Å². The molecule has 3 aliphatic rings. The second-order valence-electron chi connectivity index (χ2n) is 8.46. The molecule has 0 aromatic carbocycles. The molecule has 0 aromatic rings. The summed E-state index contributed by atoms with van der Waals surface area (Å²) in [7, 11) is 0. The normalized spacial score (nSPS) is 45.1. The second kappa shape index (κ2) is 8.37. The molecule has 0 aromatic heterocycles. The molecule has 0 bridgehead atoms. The SMILES string of the molecule is CCCC1CCC(C2C=CC(C3CCC(Cl)C(F)C3)CC2)CC1. The Morgan fingerprint density at radius 1 is 0.870 bits per heavy atom. The summed E-state index contributed by atoms with van der Waals surface area (Å²) in [4.78, 5) is 0. The topological polar surface area (TPSA) is 0 Å². The predicted octanol–water partition coefficient (Wildman–Crippen LogP) is 6.92. The highest BCUT2D eigenvalue weighted by atomic mass is 35.5. The number of halogens is 2. The van der Waals surface area contributed by atoms with Gasteiger partial charge in [0.1, 0.15) is 6.17 Å². The summed E-state index contributed by atoms with van der Waals surface area (Å²) < 4.78 is 13.9. The lowest BCUT2D eigenvalue weighted by Crippen LogP contribution is -2.32. The zero-order valence-electron chi connectivity index (χ0n) is 14.7. The van der Waals surface area contributed by atoms with Crippen molar-refractivity contribution in [3.05, 3.63) is 12.2 Å². The molecule has 3 aliphatic carbocycles. The minimum atomic E-state index is -0.782. The van der Waals surface area contributed by atoms with Gasteiger partial charge in [0.15, 0.2) is 0 Å². The number of hydrogen-bond acceptors (Lipinski definition) is 0. The summed E-state index contributed by atoms with van der Waals surface area (Å²) in [6.45, 7) is 2.32. The summed E-state index contributed by atoms with van der Waals surface area (Å²) in [5.74, 6) is 3.89. The van der Waals surface area contributed by atoms with Crippen LogP contribution < -0.4 is 0 Å². The van der Waals surface area contributed by atoms with Crippen molar-refractivity contribution in [3.8, 4) is 0 Å². The van der Waals surface area contributed by atoms with Crippen molar-refractivity contribution in [2.45, 2.75) is 89.1 Å². The molecule has 0 radical (unpaired) electrons. The van der Waals surface area contributed by atoms with Gasteiger partial charge in [0.2, 0.25) is 0 Å². The Morgan fingerprint density at radius 3 is 2.04 bits per heavy atom. The number of rotatable bonds is 4. The van der Waals surface area contributed by atoms with Gasteiger partial charge in [-0.1, -0.05) is 44.8 Å². The fourth-order valence-electron chi connectivity index (χ4n) is 5.46. The molecule has 3 rings (SSSR count). The molecule has 2 heteroatoms. The van der Waals surface area contributed by atoms with Gasteiger partial charge < -0.3 is 0 Å². The van der Waals surface area contributed by atoms with Crippen LogP contribution in [0.15, 0.2) is 12.2 Å². The van der Waals surface area contributed by atoms with Crippen LogP contribution in [0.2, 0.25) is 0 Å². The van der Waals surface area contributed by atoms with Gasteiger partial charge >= 0.3 is 0 Å². The fourth-order valence-corrected chi connectivity index (χ4v) is 5.69.